The first kappa shape index (κ1) is 15.6. The first-order valence-electron chi connectivity index (χ1n) is 8.02. The number of nitrogens with one attached hydrogen (secondary N) is 1. The lowest BCUT2D eigenvalue weighted by Crippen LogP contribution is -2.42. The second-order valence-electron chi connectivity index (χ2n) is 6.17. The summed E-state index contributed by atoms with van der Waals surface area (Å²) in [5, 5.41) is 3.66. The molecule has 5 heteroatoms. The van der Waals surface area contributed by atoms with Crippen molar-refractivity contribution < 1.29 is 13.9 Å². The van der Waals surface area contributed by atoms with E-state index in [0.29, 0.717) is 22.6 Å². The van der Waals surface area contributed by atoms with Crippen LogP contribution in [-0.4, -0.2) is 19.1 Å². The maximum atomic E-state index is 12.5. The maximum Gasteiger partial charge on any atom is 0.349 e. The van der Waals surface area contributed by atoms with Crippen molar-refractivity contribution in [2.24, 2.45) is 5.92 Å². The van der Waals surface area contributed by atoms with Gasteiger partial charge in [0.15, 0.2) is 11.3 Å². The molecular formula is C18H21NO4. The van der Waals surface area contributed by atoms with E-state index in [4.69, 9.17) is 9.15 Å². The zero-order valence-corrected chi connectivity index (χ0v) is 13.4. The Bertz CT molecular complexity index is 780. The second kappa shape index (κ2) is 6.44. The highest BCUT2D eigenvalue weighted by atomic mass is 16.5. The number of carbonyl (C=O) groups excluding carboxylic acids is 1. The smallest absolute Gasteiger partial charge is 0.349 e. The van der Waals surface area contributed by atoms with E-state index in [2.05, 4.69) is 12.2 Å². The molecule has 0 saturated heterocycles. The first-order chi connectivity index (χ1) is 11.1. The Hall–Kier alpha value is -2.30. The monoisotopic (exact) mass is 315 g/mol. The molecule has 0 radical (unpaired) electrons. The van der Waals surface area contributed by atoms with Crippen molar-refractivity contribution in [3.8, 4) is 5.75 Å². The average molecular weight is 315 g/mol. The summed E-state index contributed by atoms with van der Waals surface area (Å²) < 4.78 is 10.5. The molecule has 2 atom stereocenters. The molecule has 122 valence electrons. The minimum absolute atomic E-state index is 0.0449. The fourth-order valence-electron chi connectivity index (χ4n) is 3.21. The molecule has 1 aromatic heterocycles. The standard InChI is InChI=1S/C18H21NO4/c1-11-6-3-4-8-14(11)19-17(20)13-10-12-7-5-9-15(22-2)16(12)23-18(13)21/h5,7,9-11,14H,3-4,6,8H2,1-2H3,(H,19,20)/t11-,14-/m1/s1. The minimum atomic E-state index is -0.636. The van der Waals surface area contributed by atoms with E-state index in [1.54, 1.807) is 24.3 Å². The molecule has 1 aromatic carbocycles. The van der Waals surface area contributed by atoms with Gasteiger partial charge in [-0.3, -0.25) is 4.79 Å². The zero-order valence-electron chi connectivity index (χ0n) is 13.4. The SMILES string of the molecule is COc1cccc2cc(C(=O)N[C@@H]3CCCC[C@H]3C)c(=O)oc12. The summed E-state index contributed by atoms with van der Waals surface area (Å²) in [6.45, 7) is 2.14. The third-order valence-corrected chi connectivity index (χ3v) is 4.62. The highest BCUT2D eigenvalue weighted by molar-refractivity contribution is 5.97. The summed E-state index contributed by atoms with van der Waals surface area (Å²) in [6.07, 6.45) is 4.37. The average Bonchev–Trinajstić information content (AvgIpc) is 2.55. The second-order valence-corrected chi connectivity index (χ2v) is 6.17. The number of fused-ring (bicyclic) bond motifs is 1. The fraction of sp³-hybridized carbons (Fsp3) is 0.444. The van der Waals surface area contributed by atoms with Gasteiger partial charge in [0.2, 0.25) is 0 Å². The lowest BCUT2D eigenvalue weighted by Gasteiger charge is -2.29. The Kier molecular flexibility index (Phi) is 4.37. The predicted molar refractivity (Wildman–Crippen MR) is 87.9 cm³/mol. The summed E-state index contributed by atoms with van der Waals surface area (Å²) in [5.74, 6) is 0.551. The van der Waals surface area contributed by atoms with Crippen LogP contribution in [0.25, 0.3) is 11.0 Å². The van der Waals surface area contributed by atoms with E-state index in [-0.39, 0.29) is 17.5 Å². The lowest BCUT2D eigenvalue weighted by molar-refractivity contribution is 0.0906. The van der Waals surface area contributed by atoms with Crippen molar-refractivity contribution in [3.05, 3.63) is 40.2 Å². The van der Waals surface area contributed by atoms with Crippen LogP contribution < -0.4 is 15.7 Å². The number of amides is 1. The third-order valence-electron chi connectivity index (χ3n) is 4.62. The Balaban J connectivity index is 1.91. The molecule has 2 aromatic rings. The Morgan fingerprint density at radius 1 is 1.30 bits per heavy atom. The van der Waals surface area contributed by atoms with Crippen molar-refractivity contribution >= 4 is 16.9 Å². The Morgan fingerprint density at radius 2 is 2.09 bits per heavy atom. The van der Waals surface area contributed by atoms with Gasteiger partial charge in [0, 0.05) is 11.4 Å². The van der Waals surface area contributed by atoms with Crippen LogP contribution >= 0.6 is 0 Å². The molecule has 1 aliphatic rings. The molecular weight excluding hydrogens is 294 g/mol. The van der Waals surface area contributed by atoms with Gasteiger partial charge in [-0.2, -0.15) is 0 Å². The number of methoxy groups -OCH3 is 1. The molecule has 1 N–H and O–H groups in total. The van der Waals surface area contributed by atoms with Gasteiger partial charge >= 0.3 is 5.63 Å². The molecule has 1 heterocycles. The van der Waals surface area contributed by atoms with Crippen molar-refractivity contribution in [2.45, 2.75) is 38.6 Å². The van der Waals surface area contributed by atoms with Gasteiger partial charge in [0.05, 0.1) is 7.11 Å². The maximum absolute atomic E-state index is 12.5. The van der Waals surface area contributed by atoms with Crippen LogP contribution in [0.5, 0.6) is 5.75 Å². The molecule has 3 rings (SSSR count). The van der Waals surface area contributed by atoms with Gasteiger partial charge in [0.25, 0.3) is 5.91 Å². The molecule has 1 amide bonds. The van der Waals surface area contributed by atoms with E-state index < -0.39 is 5.63 Å². The predicted octanol–water partition coefficient (Wildman–Crippen LogP) is 3.11. The zero-order chi connectivity index (χ0) is 16.4. The van der Waals surface area contributed by atoms with Gasteiger partial charge < -0.3 is 14.5 Å². The number of ether oxygens (including phenoxy) is 1. The van der Waals surface area contributed by atoms with E-state index in [1.807, 2.05) is 0 Å². The van der Waals surface area contributed by atoms with Gasteiger partial charge in [-0.1, -0.05) is 31.9 Å². The summed E-state index contributed by atoms with van der Waals surface area (Å²) >= 11 is 0. The number of hydrogen-bond donors (Lipinski definition) is 1. The molecule has 1 fully saturated rings. The van der Waals surface area contributed by atoms with Gasteiger partial charge in [-0.15, -0.1) is 0 Å². The van der Waals surface area contributed by atoms with Crippen LogP contribution in [0.2, 0.25) is 0 Å². The molecule has 1 aliphatic carbocycles. The summed E-state index contributed by atoms with van der Waals surface area (Å²) in [7, 11) is 1.51. The van der Waals surface area contributed by atoms with Gasteiger partial charge in [0.1, 0.15) is 5.56 Å². The molecule has 1 saturated carbocycles. The van der Waals surface area contributed by atoms with Gasteiger partial charge in [-0.25, -0.2) is 4.79 Å². The molecule has 0 bridgehead atoms. The third kappa shape index (κ3) is 3.09. The quantitative estimate of drug-likeness (QED) is 0.884. The number of carbonyl (C=O) groups is 1. The molecule has 23 heavy (non-hydrogen) atoms. The first-order valence-corrected chi connectivity index (χ1v) is 8.02. The van der Waals surface area contributed by atoms with E-state index in [1.165, 1.54) is 13.5 Å². The van der Waals surface area contributed by atoms with E-state index in [9.17, 15) is 9.59 Å². The van der Waals surface area contributed by atoms with E-state index >= 15 is 0 Å². The minimum Gasteiger partial charge on any atom is -0.493 e. The van der Waals surface area contributed by atoms with Crippen LogP contribution in [0.4, 0.5) is 0 Å². The van der Waals surface area contributed by atoms with Crippen molar-refractivity contribution in [1.29, 1.82) is 0 Å². The van der Waals surface area contributed by atoms with Crippen molar-refractivity contribution in [1.82, 2.24) is 5.32 Å². The van der Waals surface area contributed by atoms with Crippen LogP contribution in [0.15, 0.2) is 33.5 Å². The topological polar surface area (TPSA) is 68.5 Å². The summed E-state index contributed by atoms with van der Waals surface area (Å²) in [4.78, 5) is 24.7. The number of benzene rings is 1. The number of hydrogen-bond acceptors (Lipinski definition) is 4. The van der Waals surface area contributed by atoms with Crippen LogP contribution in [0, 0.1) is 5.92 Å². The largest absolute Gasteiger partial charge is 0.493 e. The van der Waals surface area contributed by atoms with Crippen molar-refractivity contribution in [2.75, 3.05) is 7.11 Å². The molecule has 5 nitrogen and oxygen atoms in total. The van der Waals surface area contributed by atoms with Gasteiger partial charge in [-0.05, 0) is 30.9 Å². The van der Waals surface area contributed by atoms with E-state index in [0.717, 1.165) is 19.3 Å². The Labute approximate surface area is 134 Å². The molecule has 0 spiro atoms. The number of rotatable bonds is 3. The fourth-order valence-corrected chi connectivity index (χ4v) is 3.21. The highest BCUT2D eigenvalue weighted by Crippen LogP contribution is 2.26. The normalized spacial score (nSPS) is 21.1. The number of para-hydroxylation sites is 1. The van der Waals surface area contributed by atoms with Crippen LogP contribution in [0.1, 0.15) is 43.0 Å². The lowest BCUT2D eigenvalue weighted by atomic mass is 9.86. The van der Waals surface area contributed by atoms with Crippen molar-refractivity contribution in [3.63, 3.8) is 0 Å². The Morgan fingerprint density at radius 3 is 2.83 bits per heavy atom. The summed E-state index contributed by atoms with van der Waals surface area (Å²) in [5.41, 5.74) is -0.228. The molecule has 0 unspecified atom stereocenters. The highest BCUT2D eigenvalue weighted by Gasteiger charge is 2.25. The van der Waals surface area contributed by atoms with Crippen LogP contribution in [0.3, 0.4) is 0 Å². The summed E-state index contributed by atoms with van der Waals surface area (Å²) in [6, 6.07) is 7.00. The van der Waals surface area contributed by atoms with Crippen LogP contribution in [-0.2, 0) is 0 Å². The molecule has 0 aliphatic heterocycles.